The Morgan fingerprint density at radius 3 is 2.41 bits per heavy atom. The van der Waals surface area contributed by atoms with Gasteiger partial charge in [0.15, 0.2) is 0 Å². The molecule has 0 spiro atoms. The molecule has 17 heavy (non-hydrogen) atoms. The van der Waals surface area contributed by atoms with Crippen LogP contribution in [0, 0.1) is 11.3 Å². The first-order chi connectivity index (χ1) is 8.19. The number of aliphatic hydroxyl groups excluding tert-OH is 2. The van der Waals surface area contributed by atoms with Crippen molar-refractivity contribution >= 4 is 0 Å². The highest BCUT2D eigenvalue weighted by Gasteiger charge is 2.17. The third kappa shape index (κ3) is 4.18. The van der Waals surface area contributed by atoms with Crippen LogP contribution in [-0.4, -0.2) is 16.3 Å². The SMILES string of the molecule is CCCCc1ccc(C(O)C(O)CC#N)cc1. The largest absolute Gasteiger partial charge is 0.389 e. The molecule has 3 nitrogen and oxygen atoms in total. The van der Waals surface area contributed by atoms with E-state index in [2.05, 4.69) is 6.92 Å². The van der Waals surface area contributed by atoms with Crippen LogP contribution in [0.25, 0.3) is 0 Å². The highest BCUT2D eigenvalue weighted by Crippen LogP contribution is 2.19. The fraction of sp³-hybridized carbons (Fsp3) is 0.500. The fourth-order valence-electron chi connectivity index (χ4n) is 1.69. The molecule has 0 aliphatic rings. The second-order valence-electron chi connectivity index (χ2n) is 4.22. The van der Waals surface area contributed by atoms with E-state index in [0.29, 0.717) is 5.56 Å². The van der Waals surface area contributed by atoms with E-state index >= 15 is 0 Å². The van der Waals surface area contributed by atoms with Crippen molar-refractivity contribution in [2.75, 3.05) is 0 Å². The van der Waals surface area contributed by atoms with E-state index in [1.165, 1.54) is 5.56 Å². The van der Waals surface area contributed by atoms with Gasteiger partial charge in [-0.15, -0.1) is 0 Å². The van der Waals surface area contributed by atoms with Gasteiger partial charge in [0.25, 0.3) is 0 Å². The molecule has 0 saturated heterocycles. The van der Waals surface area contributed by atoms with Crippen molar-refractivity contribution in [3.05, 3.63) is 35.4 Å². The standard InChI is InChI=1S/C14H19NO2/c1-2-3-4-11-5-7-12(8-6-11)14(17)13(16)9-10-15/h5-8,13-14,16-17H,2-4,9H2,1H3. The molecule has 0 aromatic heterocycles. The van der Waals surface area contributed by atoms with E-state index in [0.717, 1.165) is 19.3 Å². The minimum atomic E-state index is -1.01. The van der Waals surface area contributed by atoms with Gasteiger partial charge in [-0.25, -0.2) is 0 Å². The third-order valence-corrected chi connectivity index (χ3v) is 2.81. The van der Waals surface area contributed by atoms with Crippen LogP contribution in [0.1, 0.15) is 43.4 Å². The molecule has 0 amide bonds. The summed E-state index contributed by atoms with van der Waals surface area (Å²) in [7, 11) is 0. The Morgan fingerprint density at radius 1 is 1.24 bits per heavy atom. The van der Waals surface area contributed by atoms with E-state index in [1.54, 1.807) is 0 Å². The van der Waals surface area contributed by atoms with Crippen LogP contribution in [0.2, 0.25) is 0 Å². The number of rotatable bonds is 6. The van der Waals surface area contributed by atoms with Crippen molar-refractivity contribution in [3.63, 3.8) is 0 Å². The van der Waals surface area contributed by atoms with E-state index in [-0.39, 0.29) is 6.42 Å². The van der Waals surface area contributed by atoms with Crippen LogP contribution >= 0.6 is 0 Å². The van der Waals surface area contributed by atoms with E-state index < -0.39 is 12.2 Å². The van der Waals surface area contributed by atoms with E-state index in [4.69, 9.17) is 5.26 Å². The first-order valence-corrected chi connectivity index (χ1v) is 6.01. The minimum absolute atomic E-state index is 0.0568. The molecule has 0 fully saturated rings. The van der Waals surface area contributed by atoms with Gasteiger partial charge in [-0.1, -0.05) is 37.6 Å². The lowest BCUT2D eigenvalue weighted by atomic mass is 10.00. The van der Waals surface area contributed by atoms with Gasteiger partial charge in [-0.05, 0) is 24.0 Å². The highest BCUT2D eigenvalue weighted by molar-refractivity contribution is 5.25. The molecule has 0 saturated carbocycles. The summed E-state index contributed by atoms with van der Waals surface area (Å²) in [6.07, 6.45) is 1.30. The number of hydrogen-bond acceptors (Lipinski definition) is 3. The molecule has 1 aromatic rings. The Labute approximate surface area is 102 Å². The Balaban J connectivity index is 2.63. The van der Waals surface area contributed by atoms with Gasteiger partial charge in [0.2, 0.25) is 0 Å². The van der Waals surface area contributed by atoms with Crippen molar-refractivity contribution < 1.29 is 10.2 Å². The van der Waals surface area contributed by atoms with Gasteiger partial charge in [0.05, 0.1) is 18.6 Å². The second-order valence-corrected chi connectivity index (χ2v) is 4.22. The van der Waals surface area contributed by atoms with Crippen LogP contribution in [0.3, 0.4) is 0 Å². The summed E-state index contributed by atoms with van der Waals surface area (Å²) in [6.45, 7) is 2.15. The zero-order chi connectivity index (χ0) is 12.7. The van der Waals surface area contributed by atoms with Crippen molar-refractivity contribution in [2.45, 2.75) is 44.8 Å². The van der Waals surface area contributed by atoms with Crippen molar-refractivity contribution in [2.24, 2.45) is 0 Å². The molecule has 1 rings (SSSR count). The Hall–Kier alpha value is -1.37. The van der Waals surface area contributed by atoms with Crippen molar-refractivity contribution in [1.82, 2.24) is 0 Å². The summed E-state index contributed by atoms with van der Waals surface area (Å²) in [5.74, 6) is 0. The van der Waals surface area contributed by atoms with E-state index in [9.17, 15) is 10.2 Å². The molecule has 1 aromatic carbocycles. The molecule has 2 unspecified atom stereocenters. The van der Waals surface area contributed by atoms with Crippen molar-refractivity contribution in [1.29, 1.82) is 5.26 Å². The predicted molar refractivity (Wildman–Crippen MR) is 66.3 cm³/mol. The molecule has 2 N–H and O–H groups in total. The monoisotopic (exact) mass is 233 g/mol. The number of nitriles is 1. The first kappa shape index (κ1) is 13.7. The van der Waals surface area contributed by atoms with Gasteiger partial charge in [-0.3, -0.25) is 0 Å². The lowest BCUT2D eigenvalue weighted by molar-refractivity contribution is 0.0216. The molecule has 0 heterocycles. The molecule has 3 heteroatoms. The number of hydrogen-bond donors (Lipinski definition) is 2. The summed E-state index contributed by atoms with van der Waals surface area (Å²) in [4.78, 5) is 0. The number of unbranched alkanes of at least 4 members (excludes halogenated alkanes) is 1. The molecule has 0 aliphatic heterocycles. The number of aliphatic hydroxyl groups is 2. The maximum absolute atomic E-state index is 9.79. The van der Waals surface area contributed by atoms with Gasteiger partial charge in [0.1, 0.15) is 6.10 Å². The lowest BCUT2D eigenvalue weighted by Crippen LogP contribution is -2.17. The summed E-state index contributed by atoms with van der Waals surface area (Å²) >= 11 is 0. The molecule has 0 bridgehead atoms. The smallest absolute Gasteiger partial charge is 0.106 e. The molecular weight excluding hydrogens is 214 g/mol. The molecule has 0 radical (unpaired) electrons. The fourth-order valence-corrected chi connectivity index (χ4v) is 1.69. The topological polar surface area (TPSA) is 64.2 Å². The summed E-state index contributed by atoms with van der Waals surface area (Å²) in [5, 5.41) is 27.7. The molecule has 0 aliphatic carbocycles. The Kier molecular flexibility index (Phi) is 5.68. The van der Waals surface area contributed by atoms with Crippen LogP contribution in [0.5, 0.6) is 0 Å². The van der Waals surface area contributed by atoms with Crippen molar-refractivity contribution in [3.8, 4) is 6.07 Å². The maximum atomic E-state index is 9.79. The van der Waals surface area contributed by atoms with Gasteiger partial charge in [0, 0.05) is 0 Å². The zero-order valence-electron chi connectivity index (χ0n) is 10.1. The van der Waals surface area contributed by atoms with Gasteiger partial charge < -0.3 is 10.2 Å². The predicted octanol–water partition coefficient (Wildman–Crippen LogP) is 2.34. The number of nitrogens with zero attached hydrogens (tertiary/aromatic N) is 1. The van der Waals surface area contributed by atoms with Crippen LogP contribution < -0.4 is 0 Å². The third-order valence-electron chi connectivity index (χ3n) is 2.81. The zero-order valence-corrected chi connectivity index (χ0v) is 10.1. The normalized spacial score (nSPS) is 14.0. The first-order valence-electron chi connectivity index (χ1n) is 6.01. The molecular formula is C14H19NO2. The average molecular weight is 233 g/mol. The summed E-state index contributed by atoms with van der Waals surface area (Å²) in [5.41, 5.74) is 1.89. The lowest BCUT2D eigenvalue weighted by Gasteiger charge is -2.15. The highest BCUT2D eigenvalue weighted by atomic mass is 16.3. The van der Waals surface area contributed by atoms with Crippen LogP contribution in [0.4, 0.5) is 0 Å². The average Bonchev–Trinajstić information content (AvgIpc) is 2.36. The van der Waals surface area contributed by atoms with Crippen LogP contribution in [0.15, 0.2) is 24.3 Å². The summed E-state index contributed by atoms with van der Waals surface area (Å²) in [6, 6.07) is 9.41. The Morgan fingerprint density at radius 2 is 1.88 bits per heavy atom. The number of aryl methyl sites for hydroxylation is 1. The van der Waals surface area contributed by atoms with Gasteiger partial charge in [-0.2, -0.15) is 5.26 Å². The molecule has 92 valence electrons. The minimum Gasteiger partial charge on any atom is -0.389 e. The maximum Gasteiger partial charge on any atom is 0.106 e. The Bertz CT molecular complexity index is 367. The van der Waals surface area contributed by atoms with Crippen LogP contribution in [-0.2, 0) is 6.42 Å². The van der Waals surface area contributed by atoms with E-state index in [1.807, 2.05) is 30.3 Å². The summed E-state index contributed by atoms with van der Waals surface area (Å²) < 4.78 is 0. The molecule has 2 atom stereocenters. The number of benzene rings is 1. The quantitative estimate of drug-likeness (QED) is 0.792. The van der Waals surface area contributed by atoms with Gasteiger partial charge >= 0.3 is 0 Å². The second kappa shape index (κ2) is 7.05.